The van der Waals surface area contributed by atoms with Gasteiger partial charge in [-0.05, 0) is 18.6 Å². The van der Waals surface area contributed by atoms with E-state index in [0.29, 0.717) is 0 Å². The van der Waals surface area contributed by atoms with Crippen LogP contribution >= 0.6 is 0 Å². The Morgan fingerprint density at radius 3 is 2.92 bits per heavy atom. The van der Waals surface area contributed by atoms with Crippen LogP contribution in [0.4, 0.5) is 0 Å². The van der Waals surface area contributed by atoms with E-state index in [2.05, 4.69) is 12.3 Å². The normalized spacial score (nSPS) is 11.8. The number of hydrogen-bond donors (Lipinski definition) is 1. The van der Waals surface area contributed by atoms with Gasteiger partial charge in [0.25, 0.3) is 0 Å². The van der Waals surface area contributed by atoms with Crippen LogP contribution in [0.5, 0.6) is 0 Å². The maximum absolute atomic E-state index is 9.49. The zero-order valence-electron chi connectivity index (χ0n) is 7.12. The molecule has 0 bridgehead atoms. The van der Waals surface area contributed by atoms with Crippen LogP contribution in [0.3, 0.4) is 0 Å². The van der Waals surface area contributed by atoms with Gasteiger partial charge in [-0.1, -0.05) is 36.4 Å². The summed E-state index contributed by atoms with van der Waals surface area (Å²) >= 11 is 0. The van der Waals surface area contributed by atoms with E-state index in [1.54, 1.807) is 0 Å². The lowest BCUT2D eigenvalue weighted by molar-refractivity contribution is 0.229. The van der Waals surface area contributed by atoms with Crippen LogP contribution in [-0.2, 0) is 0 Å². The molecule has 0 aliphatic heterocycles. The Morgan fingerprint density at radius 1 is 1.58 bits per heavy atom. The fourth-order valence-corrected chi connectivity index (χ4v) is 1.06. The largest absolute Gasteiger partial charge is 0.384 e. The molecule has 0 saturated heterocycles. The highest BCUT2D eigenvalue weighted by Gasteiger charge is 2.01. The van der Waals surface area contributed by atoms with E-state index < -0.39 is 6.10 Å². The van der Waals surface area contributed by atoms with Gasteiger partial charge >= 0.3 is 0 Å². The predicted molar refractivity (Wildman–Crippen MR) is 49.8 cm³/mol. The summed E-state index contributed by atoms with van der Waals surface area (Å²) in [6, 6.07) is 7.74. The highest BCUT2D eigenvalue weighted by atomic mass is 16.3. The van der Waals surface area contributed by atoms with Crippen molar-refractivity contribution >= 4 is 0 Å². The van der Waals surface area contributed by atoms with Crippen LogP contribution in [0.15, 0.2) is 42.7 Å². The Bertz CT molecular complexity index is 309. The Hall–Kier alpha value is -1.30. The van der Waals surface area contributed by atoms with Gasteiger partial charge in [0.1, 0.15) is 6.10 Å². The van der Waals surface area contributed by atoms with Crippen LogP contribution in [0.1, 0.15) is 17.2 Å². The van der Waals surface area contributed by atoms with E-state index in [1.807, 2.05) is 31.2 Å². The zero-order valence-corrected chi connectivity index (χ0v) is 7.12. The van der Waals surface area contributed by atoms with E-state index in [4.69, 9.17) is 0 Å². The van der Waals surface area contributed by atoms with E-state index in [1.165, 1.54) is 6.08 Å². The van der Waals surface area contributed by atoms with Gasteiger partial charge in [0.2, 0.25) is 0 Å². The lowest BCUT2D eigenvalue weighted by Crippen LogP contribution is -1.92. The first kappa shape index (κ1) is 8.79. The summed E-state index contributed by atoms with van der Waals surface area (Å²) < 4.78 is 0. The summed E-state index contributed by atoms with van der Waals surface area (Å²) in [5.74, 6) is 0. The minimum absolute atomic E-state index is 0.581. The molecule has 0 radical (unpaired) electrons. The third kappa shape index (κ3) is 2.09. The van der Waals surface area contributed by atoms with Gasteiger partial charge in [0.05, 0.1) is 0 Å². The molecule has 1 aromatic carbocycles. The summed E-state index contributed by atoms with van der Waals surface area (Å²) in [6.45, 7) is 5.40. The van der Waals surface area contributed by atoms with Crippen molar-refractivity contribution in [3.8, 4) is 0 Å². The maximum atomic E-state index is 9.49. The highest BCUT2D eigenvalue weighted by Crippen LogP contribution is 2.14. The van der Waals surface area contributed by atoms with Crippen LogP contribution in [0.2, 0.25) is 0 Å². The molecule has 0 heterocycles. The van der Waals surface area contributed by atoms with Crippen molar-refractivity contribution in [3.63, 3.8) is 0 Å². The Morgan fingerprint density at radius 2 is 2.33 bits per heavy atom. The van der Waals surface area contributed by atoms with Crippen LogP contribution in [-0.4, -0.2) is 5.11 Å². The smallest absolute Gasteiger partial charge is 0.104 e. The zero-order chi connectivity index (χ0) is 8.97. The molecule has 0 saturated carbocycles. The highest BCUT2D eigenvalue weighted by molar-refractivity contribution is 5.26. The van der Waals surface area contributed by atoms with Crippen molar-refractivity contribution in [1.82, 2.24) is 0 Å². The molecule has 1 nitrogen and oxygen atoms in total. The molecular weight excluding hydrogens is 148 g/mol. The standard InChI is InChI=1S/C11H12O/c1-3-5-11(12)10-7-4-6-9(2)8-10/h4-8,11-12H,1H2,2H3. The Balaban J connectivity index is 2.94. The maximum Gasteiger partial charge on any atom is 0.104 e. The first-order valence-corrected chi connectivity index (χ1v) is 3.84. The number of benzene rings is 1. The first-order valence-electron chi connectivity index (χ1n) is 3.84. The van der Waals surface area contributed by atoms with E-state index >= 15 is 0 Å². The summed E-state index contributed by atoms with van der Waals surface area (Å²) in [7, 11) is 0. The van der Waals surface area contributed by atoms with Crippen LogP contribution in [0, 0.1) is 6.92 Å². The van der Waals surface area contributed by atoms with Crippen LogP contribution < -0.4 is 0 Å². The van der Waals surface area contributed by atoms with Crippen molar-refractivity contribution in [3.05, 3.63) is 53.8 Å². The molecule has 1 unspecified atom stereocenters. The average molecular weight is 160 g/mol. The third-order valence-electron chi connectivity index (χ3n) is 1.66. The molecule has 1 N–H and O–H groups in total. The molecule has 0 spiro atoms. The van der Waals surface area contributed by atoms with Crippen LogP contribution in [0.25, 0.3) is 0 Å². The molecule has 62 valence electrons. The fraction of sp³-hybridized carbons (Fsp3) is 0.182. The number of aliphatic hydroxyl groups excluding tert-OH is 1. The van der Waals surface area contributed by atoms with Crippen molar-refractivity contribution in [2.45, 2.75) is 13.0 Å². The minimum Gasteiger partial charge on any atom is -0.384 e. The molecule has 0 aliphatic rings. The second-order valence-corrected chi connectivity index (χ2v) is 2.73. The molecule has 0 fully saturated rings. The molecular formula is C11H12O. The molecule has 1 aromatic rings. The van der Waals surface area contributed by atoms with E-state index in [9.17, 15) is 5.11 Å². The number of hydrogen-bond acceptors (Lipinski definition) is 1. The fourth-order valence-electron chi connectivity index (χ4n) is 1.06. The molecule has 1 rings (SSSR count). The van der Waals surface area contributed by atoms with Gasteiger partial charge in [-0.3, -0.25) is 0 Å². The number of aryl methyl sites for hydroxylation is 1. The second kappa shape index (κ2) is 3.91. The summed E-state index contributed by atoms with van der Waals surface area (Å²) in [5, 5.41) is 9.49. The monoisotopic (exact) mass is 160 g/mol. The van der Waals surface area contributed by atoms with Gasteiger partial charge in [0, 0.05) is 0 Å². The summed E-state index contributed by atoms with van der Waals surface area (Å²) in [4.78, 5) is 0. The van der Waals surface area contributed by atoms with Crippen molar-refractivity contribution < 1.29 is 5.11 Å². The van der Waals surface area contributed by atoms with Gasteiger partial charge in [-0.15, -0.1) is 5.73 Å². The Labute approximate surface area is 72.7 Å². The van der Waals surface area contributed by atoms with Crippen molar-refractivity contribution in [2.24, 2.45) is 0 Å². The predicted octanol–water partition coefficient (Wildman–Crippen LogP) is 2.37. The number of rotatable bonds is 2. The minimum atomic E-state index is -0.581. The average Bonchev–Trinajstić information content (AvgIpc) is 2.05. The van der Waals surface area contributed by atoms with Crippen molar-refractivity contribution in [1.29, 1.82) is 0 Å². The molecule has 0 aliphatic carbocycles. The molecule has 0 aromatic heterocycles. The summed E-state index contributed by atoms with van der Waals surface area (Å²) in [5.41, 5.74) is 4.58. The lowest BCUT2D eigenvalue weighted by Gasteiger charge is -2.04. The van der Waals surface area contributed by atoms with E-state index in [0.717, 1.165) is 11.1 Å². The molecule has 1 atom stereocenters. The lowest BCUT2D eigenvalue weighted by atomic mass is 10.1. The van der Waals surface area contributed by atoms with Gasteiger partial charge < -0.3 is 5.11 Å². The van der Waals surface area contributed by atoms with Gasteiger partial charge in [-0.25, -0.2) is 0 Å². The second-order valence-electron chi connectivity index (χ2n) is 2.73. The Kier molecular flexibility index (Phi) is 2.87. The molecule has 12 heavy (non-hydrogen) atoms. The third-order valence-corrected chi connectivity index (χ3v) is 1.66. The van der Waals surface area contributed by atoms with E-state index in [-0.39, 0.29) is 0 Å². The topological polar surface area (TPSA) is 20.2 Å². The SMILES string of the molecule is C=C=CC(O)c1cccc(C)c1. The number of aliphatic hydroxyl groups is 1. The molecule has 1 heteroatoms. The molecule has 0 amide bonds. The van der Waals surface area contributed by atoms with Gasteiger partial charge in [0.15, 0.2) is 0 Å². The van der Waals surface area contributed by atoms with Crippen molar-refractivity contribution in [2.75, 3.05) is 0 Å². The van der Waals surface area contributed by atoms with Gasteiger partial charge in [-0.2, -0.15) is 0 Å². The summed E-state index contributed by atoms with van der Waals surface area (Å²) in [6.07, 6.45) is 0.955. The quantitative estimate of drug-likeness (QED) is 0.658. The first-order chi connectivity index (χ1) is 5.74.